The zero-order valence-corrected chi connectivity index (χ0v) is 14.8. The van der Waals surface area contributed by atoms with Gasteiger partial charge in [0.2, 0.25) is 0 Å². The lowest BCUT2D eigenvalue weighted by atomic mass is 10.2. The van der Waals surface area contributed by atoms with Gasteiger partial charge in [-0.3, -0.25) is 0 Å². The Labute approximate surface area is 145 Å². The predicted molar refractivity (Wildman–Crippen MR) is 95.6 cm³/mol. The smallest absolute Gasteiger partial charge is 0.317 e. The van der Waals surface area contributed by atoms with E-state index in [1.165, 1.54) is 0 Å². The minimum absolute atomic E-state index is 0.0748. The molecule has 0 atom stereocenters. The first-order chi connectivity index (χ1) is 11.2. The van der Waals surface area contributed by atoms with Gasteiger partial charge in [0.05, 0.1) is 6.54 Å². The molecule has 1 N–H and O–H groups in total. The highest BCUT2D eigenvalue weighted by Crippen LogP contribution is 2.17. The molecule has 0 spiro atoms. The maximum Gasteiger partial charge on any atom is 0.317 e. The van der Waals surface area contributed by atoms with Gasteiger partial charge >= 0.3 is 6.03 Å². The standard InChI is InChI=1S/C18H21BrN2O2/c1-2-21(14-15-7-4-3-5-8-15)18(22)20-11-12-23-17-10-6-9-16(19)13-17/h3-10,13H,2,11-12,14H2,1H3,(H,20,22). The van der Waals surface area contributed by atoms with Gasteiger partial charge in [0.15, 0.2) is 0 Å². The molecule has 2 aromatic carbocycles. The Bertz CT molecular complexity index is 619. The molecule has 0 saturated heterocycles. The van der Waals surface area contributed by atoms with Gasteiger partial charge in [-0.15, -0.1) is 0 Å². The van der Waals surface area contributed by atoms with Crippen LogP contribution in [-0.2, 0) is 6.54 Å². The van der Waals surface area contributed by atoms with E-state index in [4.69, 9.17) is 4.74 Å². The quantitative estimate of drug-likeness (QED) is 0.740. The van der Waals surface area contributed by atoms with Crippen LogP contribution >= 0.6 is 15.9 Å². The lowest BCUT2D eigenvalue weighted by Gasteiger charge is -2.21. The van der Waals surface area contributed by atoms with Crippen molar-refractivity contribution in [2.24, 2.45) is 0 Å². The van der Waals surface area contributed by atoms with Crippen LogP contribution in [0.1, 0.15) is 12.5 Å². The molecule has 0 saturated carbocycles. The van der Waals surface area contributed by atoms with Crippen LogP contribution in [0.15, 0.2) is 59.1 Å². The zero-order valence-electron chi connectivity index (χ0n) is 13.2. The fraction of sp³-hybridized carbons (Fsp3) is 0.278. The van der Waals surface area contributed by atoms with Crippen LogP contribution in [0.5, 0.6) is 5.75 Å². The molecular weight excluding hydrogens is 356 g/mol. The topological polar surface area (TPSA) is 41.6 Å². The highest BCUT2D eigenvalue weighted by molar-refractivity contribution is 9.10. The number of halogens is 1. The van der Waals surface area contributed by atoms with Crippen LogP contribution in [0.4, 0.5) is 4.79 Å². The van der Waals surface area contributed by atoms with Gasteiger partial charge in [-0.25, -0.2) is 4.79 Å². The van der Waals surface area contributed by atoms with E-state index in [0.29, 0.717) is 26.2 Å². The van der Waals surface area contributed by atoms with Gasteiger partial charge in [0.1, 0.15) is 12.4 Å². The zero-order chi connectivity index (χ0) is 16.5. The summed E-state index contributed by atoms with van der Waals surface area (Å²) < 4.78 is 6.58. The Kier molecular flexibility index (Phi) is 6.94. The first-order valence-electron chi connectivity index (χ1n) is 7.64. The highest BCUT2D eigenvalue weighted by Gasteiger charge is 2.11. The van der Waals surface area contributed by atoms with Gasteiger partial charge in [-0.2, -0.15) is 0 Å². The lowest BCUT2D eigenvalue weighted by molar-refractivity contribution is 0.195. The molecule has 4 nitrogen and oxygen atoms in total. The van der Waals surface area contributed by atoms with E-state index in [0.717, 1.165) is 15.8 Å². The summed E-state index contributed by atoms with van der Waals surface area (Å²) in [7, 11) is 0. The van der Waals surface area contributed by atoms with Crippen LogP contribution in [0, 0.1) is 0 Å². The molecule has 0 unspecified atom stereocenters. The summed E-state index contributed by atoms with van der Waals surface area (Å²) in [6, 6.07) is 17.5. The van der Waals surface area contributed by atoms with E-state index in [1.54, 1.807) is 4.90 Å². The van der Waals surface area contributed by atoms with Crippen molar-refractivity contribution in [2.45, 2.75) is 13.5 Å². The van der Waals surface area contributed by atoms with Gasteiger partial charge in [-0.1, -0.05) is 52.3 Å². The van der Waals surface area contributed by atoms with E-state index in [1.807, 2.05) is 61.5 Å². The molecule has 0 aliphatic heterocycles. The summed E-state index contributed by atoms with van der Waals surface area (Å²) in [5.41, 5.74) is 1.12. The van der Waals surface area contributed by atoms with E-state index in [-0.39, 0.29) is 6.03 Å². The summed E-state index contributed by atoms with van der Waals surface area (Å²) in [5.74, 6) is 0.783. The Hall–Kier alpha value is -2.01. The number of carbonyl (C=O) groups excluding carboxylic acids is 1. The average Bonchev–Trinajstić information content (AvgIpc) is 2.57. The largest absolute Gasteiger partial charge is 0.492 e. The molecule has 0 radical (unpaired) electrons. The van der Waals surface area contributed by atoms with Gasteiger partial charge in [0, 0.05) is 17.6 Å². The van der Waals surface area contributed by atoms with E-state index in [2.05, 4.69) is 21.2 Å². The highest BCUT2D eigenvalue weighted by atomic mass is 79.9. The summed E-state index contributed by atoms with van der Waals surface area (Å²) in [6.07, 6.45) is 0. The number of amides is 2. The van der Waals surface area contributed by atoms with Crippen molar-refractivity contribution in [1.29, 1.82) is 0 Å². The number of hydrogen-bond acceptors (Lipinski definition) is 2. The fourth-order valence-corrected chi connectivity index (χ4v) is 2.50. The molecule has 0 aliphatic rings. The Morgan fingerprint density at radius 2 is 1.96 bits per heavy atom. The Balaban J connectivity index is 1.74. The third-order valence-electron chi connectivity index (χ3n) is 3.33. The van der Waals surface area contributed by atoms with E-state index in [9.17, 15) is 4.79 Å². The van der Waals surface area contributed by atoms with Crippen molar-refractivity contribution in [2.75, 3.05) is 19.7 Å². The molecule has 23 heavy (non-hydrogen) atoms. The molecule has 5 heteroatoms. The van der Waals surface area contributed by atoms with Crippen molar-refractivity contribution in [3.05, 3.63) is 64.6 Å². The first-order valence-corrected chi connectivity index (χ1v) is 8.43. The number of rotatable bonds is 7. The summed E-state index contributed by atoms with van der Waals surface area (Å²) in [5, 5.41) is 2.89. The monoisotopic (exact) mass is 376 g/mol. The molecule has 2 amide bonds. The minimum Gasteiger partial charge on any atom is -0.492 e. The summed E-state index contributed by atoms with van der Waals surface area (Å²) in [6.45, 7) is 4.14. The second-order valence-electron chi connectivity index (χ2n) is 5.04. The Morgan fingerprint density at radius 1 is 1.17 bits per heavy atom. The van der Waals surface area contributed by atoms with E-state index < -0.39 is 0 Å². The normalized spacial score (nSPS) is 10.2. The minimum atomic E-state index is -0.0748. The lowest BCUT2D eigenvalue weighted by Crippen LogP contribution is -2.41. The molecule has 0 aromatic heterocycles. The number of hydrogen-bond donors (Lipinski definition) is 1. The van der Waals surface area contributed by atoms with Crippen LogP contribution in [0.3, 0.4) is 0 Å². The number of nitrogens with zero attached hydrogens (tertiary/aromatic N) is 1. The second-order valence-corrected chi connectivity index (χ2v) is 5.95. The van der Waals surface area contributed by atoms with Crippen molar-refractivity contribution in [3.63, 3.8) is 0 Å². The SMILES string of the molecule is CCN(Cc1ccccc1)C(=O)NCCOc1cccc(Br)c1. The van der Waals surface area contributed by atoms with Crippen LogP contribution in [-0.4, -0.2) is 30.6 Å². The molecule has 122 valence electrons. The average molecular weight is 377 g/mol. The number of carbonyl (C=O) groups is 1. The fourth-order valence-electron chi connectivity index (χ4n) is 2.13. The molecule has 2 aromatic rings. The molecule has 0 fully saturated rings. The van der Waals surface area contributed by atoms with Crippen LogP contribution < -0.4 is 10.1 Å². The van der Waals surface area contributed by atoms with Crippen molar-refractivity contribution in [1.82, 2.24) is 10.2 Å². The maximum absolute atomic E-state index is 12.2. The number of ether oxygens (including phenoxy) is 1. The molecule has 0 aliphatic carbocycles. The number of urea groups is 1. The first kappa shape index (κ1) is 17.3. The molecule has 0 bridgehead atoms. The number of benzene rings is 2. The molecule has 0 heterocycles. The molecular formula is C18H21BrN2O2. The van der Waals surface area contributed by atoms with E-state index >= 15 is 0 Å². The summed E-state index contributed by atoms with van der Waals surface area (Å²) in [4.78, 5) is 14.0. The van der Waals surface area contributed by atoms with Crippen molar-refractivity contribution in [3.8, 4) is 5.75 Å². The van der Waals surface area contributed by atoms with Crippen LogP contribution in [0.25, 0.3) is 0 Å². The third-order valence-corrected chi connectivity index (χ3v) is 3.82. The van der Waals surface area contributed by atoms with Gasteiger partial charge in [0.25, 0.3) is 0 Å². The van der Waals surface area contributed by atoms with Gasteiger partial charge in [-0.05, 0) is 30.7 Å². The van der Waals surface area contributed by atoms with Crippen molar-refractivity contribution >= 4 is 22.0 Å². The maximum atomic E-state index is 12.2. The van der Waals surface area contributed by atoms with Crippen molar-refractivity contribution < 1.29 is 9.53 Å². The third kappa shape index (κ3) is 5.94. The van der Waals surface area contributed by atoms with Gasteiger partial charge < -0.3 is 15.0 Å². The second kappa shape index (κ2) is 9.20. The Morgan fingerprint density at radius 3 is 2.65 bits per heavy atom. The predicted octanol–water partition coefficient (Wildman–Crippen LogP) is 4.06. The number of nitrogens with one attached hydrogen (secondary N) is 1. The summed E-state index contributed by atoms with van der Waals surface area (Å²) >= 11 is 3.40. The van der Waals surface area contributed by atoms with Crippen LogP contribution in [0.2, 0.25) is 0 Å². The molecule has 2 rings (SSSR count).